The van der Waals surface area contributed by atoms with E-state index in [0.717, 1.165) is 5.56 Å². The molecule has 4 rings (SSSR count). The van der Waals surface area contributed by atoms with Crippen molar-refractivity contribution in [3.05, 3.63) is 85.9 Å². The Hall–Kier alpha value is -3.59. The molecule has 2 aromatic heterocycles. The fraction of sp³-hybridized carbons (Fsp3) is 0.0588. The summed E-state index contributed by atoms with van der Waals surface area (Å²) < 4.78 is 2.82. The van der Waals surface area contributed by atoms with Gasteiger partial charge in [0.25, 0.3) is 11.2 Å². The number of halogens is 1. The summed E-state index contributed by atoms with van der Waals surface area (Å²) in [4.78, 5) is 27.2. The van der Waals surface area contributed by atoms with E-state index in [-0.39, 0.29) is 23.3 Å². The molecule has 0 saturated heterocycles. The van der Waals surface area contributed by atoms with Gasteiger partial charge in [0.15, 0.2) is 11.2 Å². The van der Waals surface area contributed by atoms with Crippen LogP contribution < -0.4 is 5.56 Å². The molecule has 10 heteroatoms. The van der Waals surface area contributed by atoms with Crippen molar-refractivity contribution in [1.82, 2.24) is 24.5 Å². The summed E-state index contributed by atoms with van der Waals surface area (Å²) in [7, 11) is 0. The first-order chi connectivity index (χ1) is 13.0. The van der Waals surface area contributed by atoms with Crippen molar-refractivity contribution in [2.24, 2.45) is 0 Å². The maximum absolute atomic E-state index is 12.7. The molecule has 4 aromatic rings. The molecule has 2 heterocycles. The molecule has 0 radical (unpaired) electrons. The third kappa shape index (κ3) is 3.15. The van der Waals surface area contributed by atoms with Gasteiger partial charge in [0.05, 0.1) is 17.2 Å². The van der Waals surface area contributed by atoms with Crippen LogP contribution in [0.3, 0.4) is 0 Å². The largest absolute Gasteiger partial charge is 0.293 e. The first kappa shape index (κ1) is 16.9. The van der Waals surface area contributed by atoms with Crippen LogP contribution in [-0.2, 0) is 6.54 Å². The number of fused-ring (bicyclic) bond motifs is 1. The van der Waals surface area contributed by atoms with Gasteiger partial charge < -0.3 is 0 Å². The Morgan fingerprint density at radius 3 is 2.63 bits per heavy atom. The number of non-ortho nitro benzene ring substituents is 1. The standard InChI is InChI=1S/C17H11ClN6O3/c18-12-2-1-3-14(8-12)23-16-15(20-21-23)17(25)22(10-19-16)9-11-4-6-13(7-5-11)24(26)27/h1-8,10H,9H2. The van der Waals surface area contributed by atoms with Crippen molar-refractivity contribution < 1.29 is 4.92 Å². The van der Waals surface area contributed by atoms with Gasteiger partial charge in [-0.3, -0.25) is 19.5 Å². The van der Waals surface area contributed by atoms with E-state index in [9.17, 15) is 14.9 Å². The molecule has 0 aliphatic heterocycles. The van der Waals surface area contributed by atoms with Gasteiger partial charge in [0.1, 0.15) is 6.33 Å². The molecular weight excluding hydrogens is 372 g/mol. The molecule has 0 saturated carbocycles. The van der Waals surface area contributed by atoms with Crippen molar-refractivity contribution in [1.29, 1.82) is 0 Å². The average molecular weight is 383 g/mol. The minimum absolute atomic E-state index is 0.0101. The summed E-state index contributed by atoms with van der Waals surface area (Å²) in [5.74, 6) is 0. The van der Waals surface area contributed by atoms with Crippen LogP contribution in [-0.4, -0.2) is 29.5 Å². The number of hydrogen-bond acceptors (Lipinski definition) is 6. The van der Waals surface area contributed by atoms with Crippen molar-refractivity contribution in [3.63, 3.8) is 0 Å². The highest BCUT2D eigenvalue weighted by atomic mass is 35.5. The topological polar surface area (TPSA) is 109 Å². The molecule has 0 bridgehead atoms. The Kier molecular flexibility index (Phi) is 4.13. The summed E-state index contributed by atoms with van der Waals surface area (Å²) in [5.41, 5.74) is 1.45. The van der Waals surface area contributed by atoms with Crippen LogP contribution in [0.2, 0.25) is 5.02 Å². The zero-order valence-corrected chi connectivity index (χ0v) is 14.4. The number of benzene rings is 2. The van der Waals surface area contributed by atoms with Crippen LogP contribution in [0.5, 0.6) is 0 Å². The van der Waals surface area contributed by atoms with Crippen LogP contribution in [0.1, 0.15) is 5.56 Å². The van der Waals surface area contributed by atoms with E-state index in [2.05, 4.69) is 15.3 Å². The monoisotopic (exact) mass is 382 g/mol. The fourth-order valence-electron chi connectivity index (χ4n) is 2.66. The molecule has 0 aliphatic rings. The van der Waals surface area contributed by atoms with E-state index in [0.29, 0.717) is 16.4 Å². The SMILES string of the molecule is O=c1c2nnn(-c3cccc(Cl)c3)c2ncn1Cc1ccc([N+](=O)[O-])cc1. The second kappa shape index (κ2) is 6.61. The maximum atomic E-state index is 12.7. The van der Waals surface area contributed by atoms with Gasteiger partial charge in [-0.15, -0.1) is 5.10 Å². The zero-order chi connectivity index (χ0) is 19.0. The zero-order valence-electron chi connectivity index (χ0n) is 13.7. The van der Waals surface area contributed by atoms with E-state index in [1.165, 1.54) is 27.7 Å². The van der Waals surface area contributed by atoms with Gasteiger partial charge in [0.2, 0.25) is 0 Å². The molecule has 27 heavy (non-hydrogen) atoms. The van der Waals surface area contributed by atoms with Crippen molar-refractivity contribution in [2.45, 2.75) is 6.54 Å². The lowest BCUT2D eigenvalue weighted by molar-refractivity contribution is -0.384. The summed E-state index contributed by atoms with van der Waals surface area (Å²) >= 11 is 6.00. The summed E-state index contributed by atoms with van der Waals surface area (Å²) in [6, 6.07) is 12.9. The van der Waals surface area contributed by atoms with E-state index in [1.54, 1.807) is 36.4 Å². The normalized spacial score (nSPS) is 11.0. The second-order valence-corrected chi connectivity index (χ2v) is 6.19. The molecule has 134 valence electrons. The molecule has 0 amide bonds. The predicted molar refractivity (Wildman–Crippen MR) is 98.1 cm³/mol. The molecule has 0 atom stereocenters. The number of nitrogens with zero attached hydrogens (tertiary/aromatic N) is 6. The van der Waals surface area contributed by atoms with Gasteiger partial charge >= 0.3 is 0 Å². The highest BCUT2D eigenvalue weighted by Crippen LogP contribution is 2.17. The molecule has 0 fully saturated rings. The van der Waals surface area contributed by atoms with Crippen LogP contribution >= 0.6 is 11.6 Å². The third-order valence-corrected chi connectivity index (χ3v) is 4.22. The lowest BCUT2D eigenvalue weighted by Gasteiger charge is -2.06. The molecular formula is C17H11ClN6O3. The Balaban J connectivity index is 1.71. The number of hydrogen-bond donors (Lipinski definition) is 0. The highest BCUT2D eigenvalue weighted by Gasteiger charge is 2.14. The molecule has 0 aliphatic carbocycles. The van der Waals surface area contributed by atoms with E-state index in [1.807, 2.05) is 0 Å². The Morgan fingerprint density at radius 2 is 1.93 bits per heavy atom. The molecule has 2 aromatic carbocycles. The number of nitro groups is 1. The van der Waals surface area contributed by atoms with Gasteiger partial charge in [-0.2, -0.15) is 4.68 Å². The third-order valence-electron chi connectivity index (χ3n) is 3.98. The van der Waals surface area contributed by atoms with Crippen LogP contribution in [0.25, 0.3) is 16.9 Å². The minimum Gasteiger partial charge on any atom is -0.293 e. The minimum atomic E-state index is -0.474. The van der Waals surface area contributed by atoms with Gasteiger partial charge in [-0.05, 0) is 23.8 Å². The number of nitro benzene ring substituents is 1. The van der Waals surface area contributed by atoms with Crippen molar-refractivity contribution >= 4 is 28.5 Å². The average Bonchev–Trinajstić information content (AvgIpc) is 3.09. The van der Waals surface area contributed by atoms with E-state index >= 15 is 0 Å². The Morgan fingerprint density at radius 1 is 1.15 bits per heavy atom. The highest BCUT2D eigenvalue weighted by molar-refractivity contribution is 6.30. The lowest BCUT2D eigenvalue weighted by Crippen LogP contribution is -2.21. The van der Waals surface area contributed by atoms with E-state index in [4.69, 9.17) is 11.6 Å². The quantitative estimate of drug-likeness (QED) is 0.396. The summed E-state index contributed by atoms with van der Waals surface area (Å²) in [6.07, 6.45) is 1.40. The van der Waals surface area contributed by atoms with Crippen LogP contribution in [0.4, 0.5) is 5.69 Å². The Labute approximate surface area is 156 Å². The fourth-order valence-corrected chi connectivity index (χ4v) is 2.84. The smallest absolute Gasteiger partial charge is 0.283 e. The van der Waals surface area contributed by atoms with Gasteiger partial charge in [-0.25, -0.2) is 4.98 Å². The molecule has 0 N–H and O–H groups in total. The van der Waals surface area contributed by atoms with Gasteiger partial charge in [-0.1, -0.05) is 35.0 Å². The van der Waals surface area contributed by atoms with Crippen molar-refractivity contribution in [2.75, 3.05) is 0 Å². The van der Waals surface area contributed by atoms with E-state index < -0.39 is 4.92 Å². The molecule has 0 spiro atoms. The lowest BCUT2D eigenvalue weighted by atomic mass is 10.2. The molecule has 9 nitrogen and oxygen atoms in total. The Bertz CT molecular complexity index is 1220. The summed E-state index contributed by atoms with van der Waals surface area (Å²) in [5, 5.41) is 19.2. The summed E-state index contributed by atoms with van der Waals surface area (Å²) in [6.45, 7) is 0.212. The first-order valence-corrected chi connectivity index (χ1v) is 8.21. The first-order valence-electron chi connectivity index (χ1n) is 7.83. The molecule has 0 unspecified atom stereocenters. The second-order valence-electron chi connectivity index (χ2n) is 5.75. The van der Waals surface area contributed by atoms with Crippen molar-refractivity contribution in [3.8, 4) is 5.69 Å². The van der Waals surface area contributed by atoms with Crippen LogP contribution in [0.15, 0.2) is 59.7 Å². The number of rotatable bonds is 4. The van der Waals surface area contributed by atoms with Gasteiger partial charge in [0, 0.05) is 17.2 Å². The maximum Gasteiger partial charge on any atom is 0.283 e. The van der Waals surface area contributed by atoms with Crippen LogP contribution in [0, 0.1) is 10.1 Å². The number of aromatic nitrogens is 5. The predicted octanol–water partition coefficient (Wildman–Crippen LogP) is 2.59.